The predicted octanol–water partition coefficient (Wildman–Crippen LogP) is 3.18. The number of benzene rings is 1. The topological polar surface area (TPSA) is 61.9 Å². The van der Waals surface area contributed by atoms with Gasteiger partial charge in [0.1, 0.15) is 0 Å². The first-order valence-electron chi connectivity index (χ1n) is 5.79. The molecule has 0 heterocycles. The van der Waals surface area contributed by atoms with E-state index in [1.807, 2.05) is 7.05 Å². The average Bonchev–Trinajstić information content (AvgIpc) is 2.23. The fourth-order valence-electron chi connectivity index (χ4n) is 2.41. The van der Waals surface area contributed by atoms with Gasteiger partial charge < -0.3 is 11.1 Å². The Bertz CT molecular complexity index is 364. The zero-order valence-corrected chi connectivity index (χ0v) is 9.66. The Morgan fingerprint density at radius 3 is 2.41 bits per heavy atom. The molecule has 1 saturated carbocycles. The SMILES string of the molecule is C.CNc1ccc(C2CC(CC(=N)N)C2)cc1. The van der Waals surface area contributed by atoms with Crippen LogP contribution in [0.5, 0.6) is 0 Å². The van der Waals surface area contributed by atoms with E-state index in [-0.39, 0.29) is 7.43 Å². The molecular formula is C14H23N3. The van der Waals surface area contributed by atoms with Crippen molar-refractivity contribution in [1.82, 2.24) is 0 Å². The Labute approximate surface area is 104 Å². The second kappa shape index (κ2) is 5.71. The first-order chi connectivity index (χ1) is 7.69. The van der Waals surface area contributed by atoms with Crippen LogP contribution in [0.15, 0.2) is 24.3 Å². The van der Waals surface area contributed by atoms with Crippen molar-refractivity contribution in [2.24, 2.45) is 11.7 Å². The number of amidine groups is 1. The van der Waals surface area contributed by atoms with Crippen molar-refractivity contribution in [1.29, 1.82) is 5.41 Å². The number of hydrogen-bond acceptors (Lipinski definition) is 2. The highest BCUT2D eigenvalue weighted by atomic mass is 14.8. The Hall–Kier alpha value is -1.51. The summed E-state index contributed by atoms with van der Waals surface area (Å²) in [4.78, 5) is 0. The van der Waals surface area contributed by atoms with Gasteiger partial charge in [-0.3, -0.25) is 5.41 Å². The summed E-state index contributed by atoms with van der Waals surface area (Å²) in [6, 6.07) is 8.63. The maximum Gasteiger partial charge on any atom is 0.0908 e. The van der Waals surface area contributed by atoms with Crippen LogP contribution in [0.25, 0.3) is 0 Å². The minimum atomic E-state index is 0. The van der Waals surface area contributed by atoms with E-state index < -0.39 is 0 Å². The summed E-state index contributed by atoms with van der Waals surface area (Å²) in [5, 5.41) is 10.4. The second-order valence-electron chi connectivity index (χ2n) is 4.64. The molecule has 1 fully saturated rings. The molecule has 17 heavy (non-hydrogen) atoms. The fourth-order valence-corrected chi connectivity index (χ4v) is 2.41. The summed E-state index contributed by atoms with van der Waals surface area (Å²) in [5.74, 6) is 1.63. The van der Waals surface area contributed by atoms with Gasteiger partial charge in [0.05, 0.1) is 5.84 Å². The molecule has 4 N–H and O–H groups in total. The van der Waals surface area contributed by atoms with Crippen molar-refractivity contribution in [3.8, 4) is 0 Å². The van der Waals surface area contributed by atoms with E-state index in [1.54, 1.807) is 0 Å². The molecule has 0 unspecified atom stereocenters. The summed E-state index contributed by atoms with van der Waals surface area (Å²) >= 11 is 0. The molecule has 0 aliphatic heterocycles. The standard InChI is InChI=1S/C13H19N3.CH4/c1-16-12-4-2-10(3-5-12)11-6-9(7-11)8-13(14)15;/h2-5,9,11,16H,6-8H2,1H3,(H3,14,15);1H4. The molecule has 94 valence electrons. The molecule has 1 aliphatic rings. The molecule has 0 amide bonds. The molecule has 0 atom stereocenters. The van der Waals surface area contributed by atoms with E-state index in [9.17, 15) is 0 Å². The maximum absolute atomic E-state index is 7.26. The van der Waals surface area contributed by atoms with Crippen LogP contribution in [-0.2, 0) is 0 Å². The van der Waals surface area contributed by atoms with Gasteiger partial charge in [-0.25, -0.2) is 0 Å². The number of rotatable bonds is 4. The van der Waals surface area contributed by atoms with E-state index in [4.69, 9.17) is 11.1 Å². The van der Waals surface area contributed by atoms with Crippen LogP contribution in [0.4, 0.5) is 5.69 Å². The molecule has 0 aromatic heterocycles. The Morgan fingerprint density at radius 1 is 1.35 bits per heavy atom. The third-order valence-corrected chi connectivity index (χ3v) is 3.42. The zero-order chi connectivity index (χ0) is 11.5. The van der Waals surface area contributed by atoms with Gasteiger partial charge in [-0.2, -0.15) is 0 Å². The van der Waals surface area contributed by atoms with E-state index in [1.165, 1.54) is 18.4 Å². The Morgan fingerprint density at radius 2 is 1.94 bits per heavy atom. The third-order valence-electron chi connectivity index (χ3n) is 3.42. The number of hydrogen-bond donors (Lipinski definition) is 3. The minimum Gasteiger partial charge on any atom is -0.388 e. The lowest BCUT2D eigenvalue weighted by molar-refractivity contribution is 0.272. The molecule has 3 heteroatoms. The summed E-state index contributed by atoms with van der Waals surface area (Å²) in [6.07, 6.45) is 3.13. The summed E-state index contributed by atoms with van der Waals surface area (Å²) in [5.41, 5.74) is 7.97. The van der Waals surface area contributed by atoms with E-state index in [2.05, 4.69) is 29.6 Å². The summed E-state index contributed by atoms with van der Waals surface area (Å²) in [7, 11) is 1.93. The second-order valence-corrected chi connectivity index (χ2v) is 4.64. The molecule has 0 spiro atoms. The van der Waals surface area contributed by atoms with Gasteiger partial charge in [0.25, 0.3) is 0 Å². The monoisotopic (exact) mass is 233 g/mol. The van der Waals surface area contributed by atoms with E-state index >= 15 is 0 Å². The molecule has 0 saturated heterocycles. The molecular weight excluding hydrogens is 210 g/mol. The average molecular weight is 233 g/mol. The molecule has 1 aromatic carbocycles. The van der Waals surface area contributed by atoms with Crippen LogP contribution >= 0.6 is 0 Å². The molecule has 3 nitrogen and oxygen atoms in total. The first-order valence-corrected chi connectivity index (χ1v) is 5.79. The summed E-state index contributed by atoms with van der Waals surface area (Å²) < 4.78 is 0. The van der Waals surface area contributed by atoms with Gasteiger partial charge in [0.2, 0.25) is 0 Å². The normalized spacial score (nSPS) is 22.2. The van der Waals surface area contributed by atoms with Gasteiger partial charge in [0, 0.05) is 19.2 Å². The highest BCUT2D eigenvalue weighted by Crippen LogP contribution is 2.43. The van der Waals surface area contributed by atoms with Crippen LogP contribution in [-0.4, -0.2) is 12.9 Å². The molecule has 1 aliphatic carbocycles. The van der Waals surface area contributed by atoms with Crippen molar-refractivity contribution in [2.75, 3.05) is 12.4 Å². The number of anilines is 1. The lowest BCUT2D eigenvalue weighted by Gasteiger charge is -2.35. The van der Waals surface area contributed by atoms with Crippen LogP contribution in [0.3, 0.4) is 0 Å². The van der Waals surface area contributed by atoms with Gasteiger partial charge >= 0.3 is 0 Å². The van der Waals surface area contributed by atoms with Crippen molar-refractivity contribution in [3.63, 3.8) is 0 Å². The van der Waals surface area contributed by atoms with Crippen LogP contribution in [0.2, 0.25) is 0 Å². The predicted molar refractivity (Wildman–Crippen MR) is 74.7 cm³/mol. The molecule has 0 bridgehead atoms. The highest BCUT2D eigenvalue weighted by molar-refractivity contribution is 5.77. The summed E-state index contributed by atoms with van der Waals surface area (Å²) in [6.45, 7) is 0. The van der Waals surface area contributed by atoms with Gasteiger partial charge in [-0.05, 0) is 42.4 Å². The first kappa shape index (κ1) is 13.6. The van der Waals surface area contributed by atoms with Crippen molar-refractivity contribution < 1.29 is 0 Å². The van der Waals surface area contributed by atoms with E-state index in [0.717, 1.165) is 12.1 Å². The smallest absolute Gasteiger partial charge is 0.0908 e. The molecule has 1 aromatic rings. The molecule has 2 rings (SSSR count). The van der Waals surface area contributed by atoms with Crippen LogP contribution < -0.4 is 11.1 Å². The minimum absolute atomic E-state index is 0. The van der Waals surface area contributed by atoms with E-state index in [0.29, 0.717) is 17.7 Å². The van der Waals surface area contributed by atoms with Crippen molar-refractivity contribution >= 4 is 11.5 Å². The largest absolute Gasteiger partial charge is 0.388 e. The van der Waals surface area contributed by atoms with Gasteiger partial charge in [-0.1, -0.05) is 19.6 Å². The number of nitrogens with two attached hydrogens (primary N) is 1. The lowest BCUT2D eigenvalue weighted by atomic mass is 9.70. The quantitative estimate of drug-likeness (QED) is 0.552. The van der Waals surface area contributed by atoms with Crippen molar-refractivity contribution in [3.05, 3.63) is 29.8 Å². The Balaban J connectivity index is 0.00000144. The lowest BCUT2D eigenvalue weighted by Crippen LogP contribution is -2.26. The Kier molecular flexibility index (Phi) is 4.55. The third kappa shape index (κ3) is 3.22. The zero-order valence-electron chi connectivity index (χ0n) is 9.66. The maximum atomic E-state index is 7.26. The number of nitrogens with one attached hydrogen (secondary N) is 2. The fraction of sp³-hybridized carbons (Fsp3) is 0.500. The van der Waals surface area contributed by atoms with Crippen molar-refractivity contribution in [2.45, 2.75) is 32.6 Å². The molecule has 0 radical (unpaired) electrons. The highest BCUT2D eigenvalue weighted by Gasteiger charge is 2.30. The van der Waals surface area contributed by atoms with Crippen LogP contribution in [0.1, 0.15) is 38.2 Å². The van der Waals surface area contributed by atoms with Gasteiger partial charge in [-0.15, -0.1) is 0 Å². The van der Waals surface area contributed by atoms with Gasteiger partial charge in [0.15, 0.2) is 0 Å². The van der Waals surface area contributed by atoms with Crippen LogP contribution in [0, 0.1) is 11.3 Å².